The van der Waals surface area contributed by atoms with E-state index >= 15 is 0 Å². The summed E-state index contributed by atoms with van der Waals surface area (Å²) in [7, 11) is 0. The first-order valence-corrected chi connectivity index (χ1v) is 3.66. The fourth-order valence-electron chi connectivity index (χ4n) is 0.911. The van der Waals surface area contributed by atoms with Crippen molar-refractivity contribution in [3.63, 3.8) is 0 Å². The maximum Gasteiger partial charge on any atom is 0.106 e. The van der Waals surface area contributed by atoms with Gasteiger partial charge in [0.05, 0.1) is 13.2 Å². The molecule has 0 unspecified atom stereocenters. The number of aliphatic hydroxyl groups excluding tert-OH is 2. The summed E-state index contributed by atoms with van der Waals surface area (Å²) in [6.45, 7) is 0.207. The van der Waals surface area contributed by atoms with Crippen LogP contribution >= 0.6 is 0 Å². The third-order valence-electron chi connectivity index (χ3n) is 1.43. The molecule has 62 valence electrons. The first-order valence-electron chi connectivity index (χ1n) is 3.66. The molecule has 11 heavy (non-hydrogen) atoms. The van der Waals surface area contributed by atoms with Crippen LogP contribution in [0.2, 0.25) is 0 Å². The van der Waals surface area contributed by atoms with Gasteiger partial charge in [-0.05, 0) is 12.1 Å². The topological polar surface area (TPSA) is 53.6 Å². The minimum absolute atomic E-state index is 0.103. The van der Waals surface area contributed by atoms with Crippen LogP contribution in [0, 0.1) is 0 Å². The molecule has 0 saturated heterocycles. The molecule has 0 saturated carbocycles. The normalized spacial score (nSPS) is 10.4. The molecular formula is C8H12O3. The highest BCUT2D eigenvalue weighted by Gasteiger charge is 1.99. The molecule has 0 aliphatic carbocycles. The molecule has 3 nitrogen and oxygen atoms in total. The molecule has 1 heterocycles. The van der Waals surface area contributed by atoms with E-state index in [0.717, 1.165) is 11.5 Å². The van der Waals surface area contributed by atoms with Gasteiger partial charge in [0.1, 0.15) is 11.5 Å². The van der Waals surface area contributed by atoms with Gasteiger partial charge in [0, 0.05) is 12.8 Å². The number of aliphatic hydroxyl groups is 2. The van der Waals surface area contributed by atoms with Crippen LogP contribution in [0.25, 0.3) is 0 Å². The Kier molecular flexibility index (Phi) is 3.14. The van der Waals surface area contributed by atoms with Crippen LogP contribution in [0.1, 0.15) is 11.5 Å². The lowest BCUT2D eigenvalue weighted by Gasteiger charge is -1.91. The zero-order valence-electron chi connectivity index (χ0n) is 6.29. The zero-order chi connectivity index (χ0) is 8.10. The van der Waals surface area contributed by atoms with Gasteiger partial charge in [0.15, 0.2) is 0 Å². The smallest absolute Gasteiger partial charge is 0.106 e. The summed E-state index contributed by atoms with van der Waals surface area (Å²) in [5.41, 5.74) is 0. The van der Waals surface area contributed by atoms with Crippen molar-refractivity contribution in [2.24, 2.45) is 0 Å². The molecule has 0 fully saturated rings. The summed E-state index contributed by atoms with van der Waals surface area (Å²) in [6, 6.07) is 3.64. The third kappa shape index (κ3) is 2.37. The van der Waals surface area contributed by atoms with Crippen LogP contribution in [0.3, 0.4) is 0 Å². The van der Waals surface area contributed by atoms with Crippen LogP contribution in [0.4, 0.5) is 0 Å². The summed E-state index contributed by atoms with van der Waals surface area (Å²) in [6.07, 6.45) is 1.09. The Hall–Kier alpha value is -0.800. The van der Waals surface area contributed by atoms with Gasteiger partial charge in [0.25, 0.3) is 0 Å². The van der Waals surface area contributed by atoms with Crippen molar-refractivity contribution in [2.75, 3.05) is 13.2 Å². The molecule has 2 N–H and O–H groups in total. The van der Waals surface area contributed by atoms with Gasteiger partial charge in [0.2, 0.25) is 0 Å². The molecule has 0 bridgehead atoms. The second-order valence-corrected chi connectivity index (χ2v) is 2.32. The predicted octanol–water partition coefficient (Wildman–Crippen LogP) is 0.349. The van der Waals surface area contributed by atoms with E-state index in [-0.39, 0.29) is 13.2 Å². The van der Waals surface area contributed by atoms with Gasteiger partial charge in [-0.1, -0.05) is 0 Å². The van der Waals surface area contributed by atoms with E-state index in [1.54, 1.807) is 0 Å². The second kappa shape index (κ2) is 4.16. The number of hydrogen-bond acceptors (Lipinski definition) is 3. The average Bonchev–Trinajstić information content (AvgIpc) is 2.38. The van der Waals surface area contributed by atoms with Crippen LogP contribution in [-0.4, -0.2) is 23.4 Å². The minimum atomic E-state index is 0.103. The number of rotatable bonds is 4. The largest absolute Gasteiger partial charge is 0.466 e. The quantitative estimate of drug-likeness (QED) is 0.661. The summed E-state index contributed by atoms with van der Waals surface area (Å²) < 4.78 is 5.24. The van der Waals surface area contributed by atoms with Crippen molar-refractivity contribution in [1.29, 1.82) is 0 Å². The van der Waals surface area contributed by atoms with E-state index < -0.39 is 0 Å². The Morgan fingerprint density at radius 3 is 1.82 bits per heavy atom. The molecule has 0 atom stereocenters. The lowest BCUT2D eigenvalue weighted by molar-refractivity contribution is 0.274. The van der Waals surface area contributed by atoms with Crippen molar-refractivity contribution in [3.8, 4) is 0 Å². The minimum Gasteiger partial charge on any atom is -0.466 e. The van der Waals surface area contributed by atoms with Crippen LogP contribution < -0.4 is 0 Å². The Morgan fingerprint density at radius 2 is 1.45 bits per heavy atom. The first kappa shape index (κ1) is 8.30. The Labute approximate surface area is 65.3 Å². The fourth-order valence-corrected chi connectivity index (χ4v) is 0.911. The molecule has 0 amide bonds. The summed E-state index contributed by atoms with van der Waals surface area (Å²) in [5.74, 6) is 1.55. The van der Waals surface area contributed by atoms with Gasteiger partial charge < -0.3 is 14.6 Å². The van der Waals surface area contributed by atoms with Gasteiger partial charge >= 0.3 is 0 Å². The van der Waals surface area contributed by atoms with Crippen LogP contribution in [0.15, 0.2) is 16.5 Å². The number of furan rings is 1. The Bertz CT molecular complexity index is 184. The highest BCUT2D eigenvalue weighted by atomic mass is 16.3. The summed E-state index contributed by atoms with van der Waals surface area (Å²) >= 11 is 0. The van der Waals surface area contributed by atoms with Crippen molar-refractivity contribution in [2.45, 2.75) is 12.8 Å². The van der Waals surface area contributed by atoms with Crippen LogP contribution in [0.5, 0.6) is 0 Å². The molecule has 1 aromatic heterocycles. The van der Waals surface area contributed by atoms with Gasteiger partial charge in [-0.3, -0.25) is 0 Å². The third-order valence-corrected chi connectivity index (χ3v) is 1.43. The van der Waals surface area contributed by atoms with Crippen molar-refractivity contribution < 1.29 is 14.6 Å². The van der Waals surface area contributed by atoms with Gasteiger partial charge in [-0.25, -0.2) is 0 Å². The van der Waals surface area contributed by atoms with Crippen LogP contribution in [-0.2, 0) is 12.8 Å². The molecule has 0 radical (unpaired) electrons. The molecule has 3 heteroatoms. The predicted molar refractivity (Wildman–Crippen MR) is 40.3 cm³/mol. The molecule has 0 aromatic carbocycles. The standard InChI is InChI=1S/C8H12O3/c9-5-3-7-1-2-8(11-7)4-6-10/h1-2,9-10H,3-6H2. The van der Waals surface area contributed by atoms with E-state index in [9.17, 15) is 0 Å². The zero-order valence-corrected chi connectivity index (χ0v) is 6.29. The van der Waals surface area contributed by atoms with E-state index in [2.05, 4.69) is 0 Å². The fraction of sp³-hybridized carbons (Fsp3) is 0.500. The van der Waals surface area contributed by atoms with E-state index in [4.69, 9.17) is 14.6 Å². The Balaban J connectivity index is 2.51. The highest BCUT2D eigenvalue weighted by molar-refractivity contribution is 5.07. The highest BCUT2D eigenvalue weighted by Crippen LogP contribution is 2.08. The van der Waals surface area contributed by atoms with Crippen molar-refractivity contribution in [1.82, 2.24) is 0 Å². The molecule has 0 aliphatic heterocycles. The van der Waals surface area contributed by atoms with E-state index in [1.165, 1.54) is 0 Å². The van der Waals surface area contributed by atoms with E-state index in [0.29, 0.717) is 12.8 Å². The monoisotopic (exact) mass is 156 g/mol. The average molecular weight is 156 g/mol. The SMILES string of the molecule is OCCc1ccc(CCO)o1. The van der Waals surface area contributed by atoms with Gasteiger partial charge in [-0.2, -0.15) is 0 Å². The lowest BCUT2D eigenvalue weighted by Crippen LogP contribution is -1.88. The first-order chi connectivity index (χ1) is 5.36. The van der Waals surface area contributed by atoms with Gasteiger partial charge in [-0.15, -0.1) is 0 Å². The summed E-state index contributed by atoms with van der Waals surface area (Å²) in [5, 5.41) is 17.1. The maximum absolute atomic E-state index is 8.55. The molecule has 0 spiro atoms. The van der Waals surface area contributed by atoms with Crippen molar-refractivity contribution >= 4 is 0 Å². The Morgan fingerprint density at radius 1 is 1.00 bits per heavy atom. The second-order valence-electron chi connectivity index (χ2n) is 2.32. The van der Waals surface area contributed by atoms with E-state index in [1.807, 2.05) is 12.1 Å². The molecule has 1 rings (SSSR count). The van der Waals surface area contributed by atoms with Crippen molar-refractivity contribution in [3.05, 3.63) is 23.7 Å². The molecule has 1 aromatic rings. The molecule has 0 aliphatic rings. The summed E-state index contributed by atoms with van der Waals surface area (Å²) in [4.78, 5) is 0. The number of hydrogen-bond donors (Lipinski definition) is 2. The lowest BCUT2D eigenvalue weighted by atomic mass is 10.3. The maximum atomic E-state index is 8.55. The molecular weight excluding hydrogens is 144 g/mol.